The van der Waals surface area contributed by atoms with Gasteiger partial charge >= 0.3 is 0 Å². The zero-order valence-electron chi connectivity index (χ0n) is 15.3. The van der Waals surface area contributed by atoms with E-state index in [4.69, 9.17) is 5.73 Å². The van der Waals surface area contributed by atoms with Gasteiger partial charge in [-0.1, -0.05) is 6.92 Å². The Kier molecular flexibility index (Phi) is 5.08. The Morgan fingerprint density at radius 1 is 1.32 bits per heavy atom. The average Bonchev–Trinajstić information content (AvgIpc) is 3.17. The summed E-state index contributed by atoms with van der Waals surface area (Å²) >= 11 is 0. The van der Waals surface area contributed by atoms with E-state index in [1.54, 1.807) is 6.92 Å². The van der Waals surface area contributed by atoms with Crippen LogP contribution in [0.4, 0.5) is 0 Å². The van der Waals surface area contributed by atoms with Gasteiger partial charge in [0.25, 0.3) is 0 Å². The summed E-state index contributed by atoms with van der Waals surface area (Å²) in [7, 11) is 1.97. The molecule has 2 amide bonds. The van der Waals surface area contributed by atoms with Gasteiger partial charge in [-0.25, -0.2) is 0 Å². The first-order valence-electron chi connectivity index (χ1n) is 9.11. The minimum Gasteiger partial charge on any atom is -0.368 e. The zero-order valence-corrected chi connectivity index (χ0v) is 15.3. The van der Waals surface area contributed by atoms with E-state index in [0.717, 1.165) is 24.6 Å². The number of likely N-dealkylation sites (tertiary alicyclic amines) is 1. The van der Waals surface area contributed by atoms with E-state index in [1.807, 2.05) is 23.4 Å². The number of hydrogen-bond donors (Lipinski definition) is 1. The molecule has 2 atom stereocenters. The van der Waals surface area contributed by atoms with Crippen molar-refractivity contribution in [2.75, 3.05) is 13.1 Å². The van der Waals surface area contributed by atoms with Crippen LogP contribution < -0.4 is 5.73 Å². The Labute approximate surface area is 148 Å². The molecule has 0 spiro atoms. The van der Waals surface area contributed by atoms with Crippen LogP contribution in [0.1, 0.15) is 57.1 Å². The van der Waals surface area contributed by atoms with Crippen LogP contribution in [0.15, 0.2) is 0 Å². The molecule has 1 aliphatic heterocycles. The minimum atomic E-state index is -0.292. The highest BCUT2D eigenvalue weighted by atomic mass is 16.2. The van der Waals surface area contributed by atoms with Gasteiger partial charge in [0.2, 0.25) is 11.8 Å². The van der Waals surface area contributed by atoms with E-state index in [0.29, 0.717) is 25.4 Å². The number of hydrogen-bond acceptors (Lipinski definition) is 5. The number of carbonyl (C=O) groups excluding carboxylic acids is 2. The molecule has 1 saturated carbocycles. The van der Waals surface area contributed by atoms with Crippen molar-refractivity contribution >= 4 is 11.8 Å². The van der Waals surface area contributed by atoms with Crippen molar-refractivity contribution in [1.82, 2.24) is 24.6 Å². The maximum atomic E-state index is 12.2. The lowest BCUT2D eigenvalue weighted by Crippen LogP contribution is -2.46. The molecule has 8 nitrogen and oxygen atoms in total. The molecule has 0 radical (unpaired) electrons. The monoisotopic (exact) mass is 348 g/mol. The summed E-state index contributed by atoms with van der Waals surface area (Å²) in [6.45, 7) is 5.46. The molecule has 2 aliphatic rings. The smallest absolute Gasteiger partial charge is 0.234 e. The van der Waals surface area contributed by atoms with Crippen LogP contribution in [0.3, 0.4) is 0 Å². The van der Waals surface area contributed by atoms with Crippen LogP contribution in [-0.2, 0) is 23.2 Å². The Morgan fingerprint density at radius 2 is 2.04 bits per heavy atom. The van der Waals surface area contributed by atoms with E-state index >= 15 is 0 Å². The summed E-state index contributed by atoms with van der Waals surface area (Å²) < 4.78 is 2.03. The van der Waals surface area contributed by atoms with Crippen LogP contribution in [0.5, 0.6) is 0 Å². The third-order valence-electron chi connectivity index (χ3n) is 5.45. The second-order valence-electron chi connectivity index (χ2n) is 7.22. The van der Waals surface area contributed by atoms with Gasteiger partial charge in [0.05, 0.1) is 12.6 Å². The lowest BCUT2D eigenvalue weighted by atomic mass is 10.2. The molecule has 1 aromatic heterocycles. The molecule has 2 N–H and O–H groups in total. The maximum Gasteiger partial charge on any atom is 0.234 e. The van der Waals surface area contributed by atoms with E-state index in [9.17, 15) is 9.59 Å². The van der Waals surface area contributed by atoms with Crippen LogP contribution in [0.25, 0.3) is 0 Å². The van der Waals surface area contributed by atoms with E-state index in [1.165, 1.54) is 12.8 Å². The number of primary amides is 1. The third-order valence-corrected chi connectivity index (χ3v) is 5.45. The molecule has 1 aromatic rings. The summed E-state index contributed by atoms with van der Waals surface area (Å²) in [5.41, 5.74) is 5.51. The maximum absolute atomic E-state index is 12.2. The van der Waals surface area contributed by atoms with Gasteiger partial charge in [0, 0.05) is 39.0 Å². The molecule has 0 unspecified atom stereocenters. The molecular formula is C17H28N6O2. The number of nitrogens with two attached hydrogens (primary N) is 1. The van der Waals surface area contributed by atoms with E-state index in [2.05, 4.69) is 15.1 Å². The Morgan fingerprint density at radius 3 is 2.60 bits per heavy atom. The molecular weight excluding hydrogens is 320 g/mol. The number of amides is 2. The summed E-state index contributed by atoms with van der Waals surface area (Å²) in [6.07, 6.45) is 3.88. The Bertz CT molecular complexity index is 654. The SMILES string of the molecule is CC[C@H](C(N)=O)N1CC[C@H](N(Cc2nnc(C3CC3)n2C)C(C)=O)C1. The number of aromatic nitrogens is 3. The number of carbonyl (C=O) groups is 2. The van der Waals surface area contributed by atoms with E-state index in [-0.39, 0.29) is 23.9 Å². The Hall–Kier alpha value is -1.96. The highest BCUT2D eigenvalue weighted by Crippen LogP contribution is 2.38. The van der Waals surface area contributed by atoms with Gasteiger partial charge in [-0.05, 0) is 25.7 Å². The van der Waals surface area contributed by atoms with E-state index < -0.39 is 0 Å². The van der Waals surface area contributed by atoms with Crippen LogP contribution >= 0.6 is 0 Å². The fourth-order valence-electron chi connectivity index (χ4n) is 3.80. The summed E-state index contributed by atoms with van der Waals surface area (Å²) in [4.78, 5) is 27.8. The fraction of sp³-hybridized carbons (Fsp3) is 0.765. The standard InChI is InChI=1S/C17H28N6O2/c1-4-14(16(18)25)22-8-7-13(9-22)23(11(2)24)10-15-19-20-17(21(15)3)12-5-6-12/h12-14H,4-10H2,1-3H3,(H2,18,25)/t13-,14+/m0/s1. The molecule has 1 saturated heterocycles. The van der Waals surface area contributed by atoms with Crippen molar-refractivity contribution in [2.45, 2.75) is 64.1 Å². The van der Waals surface area contributed by atoms with Gasteiger partial charge in [0.1, 0.15) is 5.82 Å². The van der Waals surface area contributed by atoms with Crippen LogP contribution in [0.2, 0.25) is 0 Å². The predicted octanol–water partition coefficient (Wildman–Crippen LogP) is 0.379. The molecule has 0 bridgehead atoms. The van der Waals surface area contributed by atoms with Crippen molar-refractivity contribution in [1.29, 1.82) is 0 Å². The normalized spacial score (nSPS) is 22.1. The first-order chi connectivity index (χ1) is 11.9. The average molecular weight is 348 g/mol. The third kappa shape index (κ3) is 3.68. The highest BCUT2D eigenvalue weighted by Gasteiger charge is 2.35. The number of nitrogens with zero attached hydrogens (tertiary/aromatic N) is 5. The first kappa shape index (κ1) is 17.8. The minimum absolute atomic E-state index is 0.0231. The van der Waals surface area contributed by atoms with Crippen LogP contribution in [0, 0.1) is 0 Å². The summed E-state index contributed by atoms with van der Waals surface area (Å²) in [5.74, 6) is 2.10. The largest absolute Gasteiger partial charge is 0.368 e. The number of rotatable bonds is 7. The van der Waals surface area contributed by atoms with Crippen molar-refractivity contribution < 1.29 is 9.59 Å². The van der Waals surface area contributed by atoms with Crippen molar-refractivity contribution in [3.8, 4) is 0 Å². The second-order valence-corrected chi connectivity index (χ2v) is 7.22. The van der Waals surface area contributed by atoms with Crippen molar-refractivity contribution in [2.24, 2.45) is 12.8 Å². The summed E-state index contributed by atoms with van der Waals surface area (Å²) in [5, 5.41) is 8.60. The quantitative estimate of drug-likeness (QED) is 0.768. The zero-order chi connectivity index (χ0) is 18.1. The van der Waals surface area contributed by atoms with Gasteiger partial charge in [-0.3, -0.25) is 14.5 Å². The molecule has 1 aliphatic carbocycles. The first-order valence-corrected chi connectivity index (χ1v) is 9.11. The molecule has 3 rings (SSSR count). The van der Waals surface area contributed by atoms with Crippen molar-refractivity contribution in [3.63, 3.8) is 0 Å². The Balaban J connectivity index is 1.70. The van der Waals surface area contributed by atoms with Gasteiger partial charge < -0.3 is 15.2 Å². The molecule has 138 valence electrons. The molecule has 0 aromatic carbocycles. The molecule has 25 heavy (non-hydrogen) atoms. The van der Waals surface area contributed by atoms with Gasteiger partial charge in [0.15, 0.2) is 5.82 Å². The topological polar surface area (TPSA) is 97.3 Å². The molecule has 8 heteroatoms. The fourth-order valence-corrected chi connectivity index (χ4v) is 3.80. The lowest BCUT2D eigenvalue weighted by Gasteiger charge is -2.29. The molecule has 2 fully saturated rings. The van der Waals surface area contributed by atoms with Gasteiger partial charge in [-0.15, -0.1) is 10.2 Å². The second kappa shape index (κ2) is 7.11. The highest BCUT2D eigenvalue weighted by molar-refractivity contribution is 5.79. The molecule has 2 heterocycles. The predicted molar refractivity (Wildman–Crippen MR) is 92.5 cm³/mol. The summed E-state index contributed by atoms with van der Waals surface area (Å²) in [6, 6.07) is -0.179. The lowest BCUT2D eigenvalue weighted by molar-refractivity contribution is -0.131. The van der Waals surface area contributed by atoms with Crippen molar-refractivity contribution in [3.05, 3.63) is 11.6 Å². The van der Waals surface area contributed by atoms with Gasteiger partial charge in [-0.2, -0.15) is 0 Å². The van der Waals surface area contributed by atoms with Crippen LogP contribution in [-0.4, -0.2) is 61.6 Å².